The minimum Gasteiger partial charge on any atom is -0.383 e. The van der Waals surface area contributed by atoms with Crippen LogP contribution < -0.4 is 15.5 Å². The molecule has 2 N–H and O–H groups in total. The summed E-state index contributed by atoms with van der Waals surface area (Å²) in [6.45, 7) is 3.04. The van der Waals surface area contributed by atoms with E-state index in [-0.39, 0.29) is 5.91 Å². The van der Waals surface area contributed by atoms with Crippen molar-refractivity contribution in [3.05, 3.63) is 84.2 Å². The van der Waals surface area contributed by atoms with E-state index in [1.54, 1.807) is 12.3 Å². The van der Waals surface area contributed by atoms with Crippen molar-refractivity contribution in [3.63, 3.8) is 0 Å². The lowest BCUT2D eigenvalue weighted by atomic mass is 10.1. The van der Waals surface area contributed by atoms with Crippen molar-refractivity contribution in [1.29, 1.82) is 0 Å². The summed E-state index contributed by atoms with van der Waals surface area (Å²) < 4.78 is 0. The van der Waals surface area contributed by atoms with Crippen LogP contribution in [0.15, 0.2) is 72.9 Å². The molecule has 1 aliphatic rings. The van der Waals surface area contributed by atoms with Gasteiger partial charge in [0.15, 0.2) is 0 Å². The highest BCUT2D eigenvalue weighted by molar-refractivity contribution is 6.03. The van der Waals surface area contributed by atoms with E-state index in [2.05, 4.69) is 44.8 Å². The van der Waals surface area contributed by atoms with Gasteiger partial charge in [0, 0.05) is 31.0 Å². The molecule has 3 aromatic rings. The van der Waals surface area contributed by atoms with Crippen LogP contribution in [0.25, 0.3) is 0 Å². The first-order valence-corrected chi connectivity index (χ1v) is 10.2. The lowest BCUT2D eigenvalue weighted by Crippen LogP contribution is -2.17. The molecule has 2 aromatic carbocycles. The fourth-order valence-electron chi connectivity index (χ4n) is 3.55. The maximum Gasteiger partial charge on any atom is 0.274 e. The molecule has 2 heterocycles. The lowest BCUT2D eigenvalue weighted by molar-refractivity contribution is 0.102. The third kappa shape index (κ3) is 5.13. The summed E-state index contributed by atoms with van der Waals surface area (Å²) in [4.78, 5) is 19.1. The Kier molecular flexibility index (Phi) is 6.05. The molecule has 0 atom stereocenters. The zero-order valence-electron chi connectivity index (χ0n) is 16.5. The first-order valence-electron chi connectivity index (χ1n) is 10.2. The maximum atomic E-state index is 12.5. The van der Waals surface area contributed by atoms with Crippen LogP contribution in [0.1, 0.15) is 28.9 Å². The van der Waals surface area contributed by atoms with Gasteiger partial charge < -0.3 is 15.5 Å². The second kappa shape index (κ2) is 9.24. The van der Waals surface area contributed by atoms with E-state index >= 15 is 0 Å². The molecule has 1 fully saturated rings. The molecule has 5 nitrogen and oxygen atoms in total. The van der Waals surface area contributed by atoms with Crippen LogP contribution in [0.5, 0.6) is 0 Å². The Morgan fingerprint density at radius 3 is 2.31 bits per heavy atom. The molecule has 0 saturated carbocycles. The van der Waals surface area contributed by atoms with E-state index in [9.17, 15) is 4.79 Å². The predicted octanol–water partition coefficient (Wildman–Crippen LogP) is 4.59. The molecular weight excluding hydrogens is 360 g/mol. The largest absolute Gasteiger partial charge is 0.383 e. The standard InChI is InChI=1S/C24H26N4O/c29-24(27-20-8-11-22(12-9-20)28-16-4-5-17-28)23-13-10-21(18-26-23)25-15-14-19-6-2-1-3-7-19/h1-3,6-13,18,25H,4-5,14-17H2,(H,27,29). The molecule has 5 heteroatoms. The predicted molar refractivity (Wildman–Crippen MR) is 119 cm³/mol. The molecule has 4 rings (SSSR count). The number of pyridine rings is 1. The molecule has 0 radical (unpaired) electrons. The molecule has 1 amide bonds. The Balaban J connectivity index is 1.28. The molecular formula is C24H26N4O. The zero-order valence-corrected chi connectivity index (χ0v) is 16.5. The Labute approximate surface area is 171 Å². The second-order valence-corrected chi connectivity index (χ2v) is 7.29. The summed E-state index contributed by atoms with van der Waals surface area (Å²) in [6.07, 6.45) is 5.15. The number of rotatable bonds is 7. The fraction of sp³-hybridized carbons (Fsp3) is 0.250. The van der Waals surface area contributed by atoms with E-state index in [4.69, 9.17) is 0 Å². The number of hydrogen-bond acceptors (Lipinski definition) is 4. The Bertz CT molecular complexity index is 917. The van der Waals surface area contributed by atoms with Crippen LogP contribution >= 0.6 is 0 Å². The summed E-state index contributed by atoms with van der Waals surface area (Å²) in [5, 5.41) is 6.26. The van der Waals surface area contributed by atoms with Gasteiger partial charge in [-0.2, -0.15) is 0 Å². The Hall–Kier alpha value is -3.34. The topological polar surface area (TPSA) is 57.3 Å². The smallest absolute Gasteiger partial charge is 0.274 e. The van der Waals surface area contributed by atoms with Gasteiger partial charge in [-0.1, -0.05) is 30.3 Å². The first-order chi connectivity index (χ1) is 14.3. The molecule has 0 spiro atoms. The van der Waals surface area contributed by atoms with E-state index in [1.807, 2.05) is 36.4 Å². The minimum absolute atomic E-state index is 0.199. The highest BCUT2D eigenvalue weighted by atomic mass is 16.1. The van der Waals surface area contributed by atoms with Crippen LogP contribution in [0.2, 0.25) is 0 Å². The molecule has 0 bridgehead atoms. The summed E-state index contributed by atoms with van der Waals surface area (Å²) in [6, 6.07) is 22.0. The fourth-order valence-corrected chi connectivity index (χ4v) is 3.55. The lowest BCUT2D eigenvalue weighted by Gasteiger charge is -2.17. The monoisotopic (exact) mass is 386 g/mol. The zero-order chi connectivity index (χ0) is 19.9. The molecule has 1 aliphatic heterocycles. The number of benzene rings is 2. The van der Waals surface area contributed by atoms with E-state index < -0.39 is 0 Å². The average molecular weight is 386 g/mol. The second-order valence-electron chi connectivity index (χ2n) is 7.29. The number of carbonyl (C=O) groups excluding carboxylic acids is 1. The minimum atomic E-state index is -0.199. The summed E-state index contributed by atoms with van der Waals surface area (Å²) in [5.74, 6) is -0.199. The van der Waals surface area contributed by atoms with Crippen LogP contribution in [-0.4, -0.2) is 30.5 Å². The van der Waals surface area contributed by atoms with Crippen molar-refractivity contribution in [1.82, 2.24) is 4.98 Å². The van der Waals surface area contributed by atoms with Gasteiger partial charge in [-0.05, 0) is 61.2 Å². The SMILES string of the molecule is O=C(Nc1ccc(N2CCCC2)cc1)c1ccc(NCCc2ccccc2)cn1. The van der Waals surface area contributed by atoms with Crippen molar-refractivity contribution < 1.29 is 4.79 Å². The summed E-state index contributed by atoms with van der Waals surface area (Å²) in [7, 11) is 0. The Morgan fingerprint density at radius 2 is 1.62 bits per heavy atom. The molecule has 148 valence electrons. The van der Waals surface area contributed by atoms with Gasteiger partial charge >= 0.3 is 0 Å². The van der Waals surface area contributed by atoms with Gasteiger partial charge in [-0.3, -0.25) is 4.79 Å². The highest BCUT2D eigenvalue weighted by Gasteiger charge is 2.12. The first kappa shape index (κ1) is 19.0. The number of aromatic nitrogens is 1. The van der Waals surface area contributed by atoms with E-state index in [0.29, 0.717) is 5.69 Å². The van der Waals surface area contributed by atoms with Crippen molar-refractivity contribution in [3.8, 4) is 0 Å². The average Bonchev–Trinajstić information content (AvgIpc) is 3.30. The maximum absolute atomic E-state index is 12.5. The van der Waals surface area contributed by atoms with Crippen LogP contribution in [0.4, 0.5) is 17.1 Å². The number of anilines is 3. The molecule has 0 unspecified atom stereocenters. The highest BCUT2D eigenvalue weighted by Crippen LogP contribution is 2.22. The molecule has 0 aliphatic carbocycles. The van der Waals surface area contributed by atoms with Crippen molar-refractivity contribution >= 4 is 23.0 Å². The number of hydrogen-bond donors (Lipinski definition) is 2. The van der Waals surface area contributed by atoms with E-state index in [0.717, 1.165) is 37.4 Å². The van der Waals surface area contributed by atoms with Crippen molar-refractivity contribution in [2.45, 2.75) is 19.3 Å². The molecule has 1 saturated heterocycles. The van der Waals surface area contributed by atoms with Crippen LogP contribution in [-0.2, 0) is 6.42 Å². The summed E-state index contributed by atoms with van der Waals surface area (Å²) >= 11 is 0. The number of carbonyl (C=O) groups is 1. The van der Waals surface area contributed by atoms with Gasteiger partial charge in [-0.15, -0.1) is 0 Å². The number of nitrogens with one attached hydrogen (secondary N) is 2. The summed E-state index contributed by atoms with van der Waals surface area (Å²) in [5.41, 5.74) is 4.60. The van der Waals surface area contributed by atoms with Crippen molar-refractivity contribution in [2.24, 2.45) is 0 Å². The molecule has 1 aromatic heterocycles. The van der Waals surface area contributed by atoms with E-state index in [1.165, 1.54) is 24.1 Å². The van der Waals surface area contributed by atoms with Crippen molar-refractivity contribution in [2.75, 3.05) is 35.2 Å². The molecule has 29 heavy (non-hydrogen) atoms. The van der Waals surface area contributed by atoms with Gasteiger partial charge in [0.05, 0.1) is 11.9 Å². The number of nitrogens with zero attached hydrogens (tertiary/aromatic N) is 2. The van der Waals surface area contributed by atoms with Crippen LogP contribution in [0, 0.1) is 0 Å². The van der Waals surface area contributed by atoms with Crippen LogP contribution in [0.3, 0.4) is 0 Å². The van der Waals surface area contributed by atoms with Gasteiger partial charge in [-0.25, -0.2) is 4.98 Å². The van der Waals surface area contributed by atoms with Gasteiger partial charge in [0.1, 0.15) is 5.69 Å². The quantitative estimate of drug-likeness (QED) is 0.624. The number of amides is 1. The third-order valence-corrected chi connectivity index (χ3v) is 5.18. The van der Waals surface area contributed by atoms with Gasteiger partial charge in [0.2, 0.25) is 0 Å². The Morgan fingerprint density at radius 1 is 0.897 bits per heavy atom. The normalized spacial score (nSPS) is 13.3. The van der Waals surface area contributed by atoms with Gasteiger partial charge in [0.25, 0.3) is 5.91 Å². The third-order valence-electron chi connectivity index (χ3n) is 5.18.